The lowest BCUT2D eigenvalue weighted by Crippen LogP contribution is -2.04. The number of benzene rings is 2. The van der Waals surface area contributed by atoms with Gasteiger partial charge in [-0.3, -0.25) is 4.79 Å². The van der Waals surface area contributed by atoms with E-state index in [0.29, 0.717) is 12.3 Å². The number of carboxylic acids is 1. The Hall–Kier alpha value is -2.33. The zero-order chi connectivity index (χ0) is 14.4. The normalized spacial score (nSPS) is 10.2. The van der Waals surface area contributed by atoms with Gasteiger partial charge in [0.15, 0.2) is 0 Å². The number of rotatable bonds is 6. The molecule has 0 amide bonds. The minimum atomic E-state index is -0.860. The van der Waals surface area contributed by atoms with E-state index in [2.05, 4.69) is 0 Å². The van der Waals surface area contributed by atoms with E-state index in [1.165, 1.54) is 0 Å². The Balaban J connectivity index is 2.01. The molecule has 3 N–H and O–H groups in total. The number of carboxylic acid groups (broad SMARTS) is 1. The molecule has 0 saturated carbocycles. The van der Waals surface area contributed by atoms with Gasteiger partial charge < -0.3 is 15.6 Å². The molecule has 20 heavy (non-hydrogen) atoms. The maximum Gasteiger partial charge on any atom is 0.306 e. The highest BCUT2D eigenvalue weighted by Crippen LogP contribution is 2.22. The fourth-order valence-electron chi connectivity index (χ4n) is 1.83. The number of ether oxygens (including phenoxy) is 1. The van der Waals surface area contributed by atoms with E-state index in [-0.39, 0.29) is 13.0 Å². The zero-order valence-electron chi connectivity index (χ0n) is 11.1. The predicted molar refractivity (Wildman–Crippen MR) is 77.5 cm³/mol. The van der Waals surface area contributed by atoms with Gasteiger partial charge >= 0.3 is 5.97 Å². The summed E-state index contributed by atoms with van der Waals surface area (Å²) in [6, 6.07) is 15.7. The van der Waals surface area contributed by atoms with Gasteiger partial charge in [-0.05, 0) is 28.8 Å². The number of hydrogen-bond acceptors (Lipinski definition) is 3. The predicted octanol–water partition coefficient (Wildman–Crippen LogP) is 2.67. The molecule has 0 heterocycles. The van der Waals surface area contributed by atoms with Gasteiger partial charge in [-0.2, -0.15) is 0 Å². The van der Waals surface area contributed by atoms with Crippen molar-refractivity contribution in [3.8, 4) is 16.9 Å². The maximum atomic E-state index is 10.4. The summed E-state index contributed by atoms with van der Waals surface area (Å²) in [7, 11) is 0. The molecule has 4 nitrogen and oxygen atoms in total. The third-order valence-electron chi connectivity index (χ3n) is 2.96. The lowest BCUT2D eigenvalue weighted by molar-refractivity contribution is -0.137. The van der Waals surface area contributed by atoms with Crippen LogP contribution in [0.15, 0.2) is 48.5 Å². The summed E-state index contributed by atoms with van der Waals surface area (Å²) in [4.78, 5) is 10.4. The molecule has 2 aromatic carbocycles. The molecule has 104 valence electrons. The molecule has 0 aliphatic carbocycles. The first-order valence-electron chi connectivity index (χ1n) is 6.43. The Kier molecular flexibility index (Phi) is 4.74. The van der Waals surface area contributed by atoms with Crippen LogP contribution >= 0.6 is 0 Å². The van der Waals surface area contributed by atoms with Gasteiger partial charge in [0.1, 0.15) is 5.75 Å². The molecule has 0 fully saturated rings. The van der Waals surface area contributed by atoms with Crippen molar-refractivity contribution in [3.05, 3.63) is 54.1 Å². The highest BCUT2D eigenvalue weighted by Gasteiger charge is 2.01. The Labute approximate surface area is 117 Å². The van der Waals surface area contributed by atoms with Gasteiger partial charge in [0.2, 0.25) is 0 Å². The summed E-state index contributed by atoms with van der Waals surface area (Å²) in [5.41, 5.74) is 8.86. The largest absolute Gasteiger partial charge is 0.493 e. The first-order chi connectivity index (χ1) is 9.69. The first kappa shape index (κ1) is 14.1. The molecule has 0 saturated heterocycles. The average Bonchev–Trinajstić information content (AvgIpc) is 2.48. The minimum absolute atomic E-state index is 0.00228. The molecular weight excluding hydrogens is 254 g/mol. The Bertz CT molecular complexity index is 561. The highest BCUT2D eigenvalue weighted by molar-refractivity contribution is 5.67. The summed E-state index contributed by atoms with van der Waals surface area (Å²) < 4.78 is 5.35. The standard InChI is InChI=1S/C16H17NO3/c17-11-12-1-3-13(4-2-12)14-5-7-15(8-6-14)20-10-9-16(18)19/h1-8H,9-11,17H2,(H,18,19). The monoisotopic (exact) mass is 271 g/mol. The zero-order valence-corrected chi connectivity index (χ0v) is 11.1. The topological polar surface area (TPSA) is 72.5 Å². The summed E-state index contributed by atoms with van der Waals surface area (Å²) in [5, 5.41) is 8.54. The second kappa shape index (κ2) is 6.73. The van der Waals surface area contributed by atoms with Crippen molar-refractivity contribution in [2.75, 3.05) is 6.61 Å². The summed E-state index contributed by atoms with van der Waals surface area (Å²) >= 11 is 0. The quantitative estimate of drug-likeness (QED) is 0.847. The first-order valence-corrected chi connectivity index (χ1v) is 6.43. The van der Waals surface area contributed by atoms with Crippen molar-refractivity contribution in [1.82, 2.24) is 0 Å². The van der Waals surface area contributed by atoms with Crippen LogP contribution in [0.5, 0.6) is 5.75 Å². The van der Waals surface area contributed by atoms with E-state index in [1.807, 2.05) is 48.5 Å². The molecule has 0 aliphatic rings. The van der Waals surface area contributed by atoms with E-state index >= 15 is 0 Å². The van der Waals surface area contributed by atoms with Crippen molar-refractivity contribution in [1.29, 1.82) is 0 Å². The number of nitrogens with two attached hydrogens (primary N) is 1. The summed E-state index contributed by atoms with van der Waals surface area (Å²) in [6.45, 7) is 0.719. The van der Waals surface area contributed by atoms with E-state index in [0.717, 1.165) is 16.7 Å². The number of aliphatic carboxylic acids is 1. The molecule has 0 radical (unpaired) electrons. The molecule has 0 aliphatic heterocycles. The molecule has 2 aromatic rings. The Morgan fingerprint density at radius 1 is 1.00 bits per heavy atom. The van der Waals surface area contributed by atoms with Gasteiger partial charge in [-0.15, -0.1) is 0 Å². The second-order valence-corrected chi connectivity index (χ2v) is 4.42. The third kappa shape index (κ3) is 3.83. The van der Waals surface area contributed by atoms with Crippen molar-refractivity contribution in [3.63, 3.8) is 0 Å². The van der Waals surface area contributed by atoms with Gasteiger partial charge in [0.05, 0.1) is 13.0 Å². The van der Waals surface area contributed by atoms with Crippen LogP contribution in [0, 0.1) is 0 Å². The summed E-state index contributed by atoms with van der Waals surface area (Å²) in [5.74, 6) is -0.185. The van der Waals surface area contributed by atoms with Crippen LogP contribution in [0.1, 0.15) is 12.0 Å². The highest BCUT2D eigenvalue weighted by atomic mass is 16.5. The van der Waals surface area contributed by atoms with E-state index in [4.69, 9.17) is 15.6 Å². The third-order valence-corrected chi connectivity index (χ3v) is 2.96. The number of carbonyl (C=O) groups is 1. The molecule has 0 aromatic heterocycles. The SMILES string of the molecule is NCc1ccc(-c2ccc(OCCC(=O)O)cc2)cc1. The van der Waals surface area contributed by atoms with Gasteiger partial charge in [0, 0.05) is 6.54 Å². The van der Waals surface area contributed by atoms with Crippen LogP contribution < -0.4 is 10.5 Å². The fraction of sp³-hybridized carbons (Fsp3) is 0.188. The molecule has 0 unspecified atom stereocenters. The average molecular weight is 271 g/mol. The Morgan fingerprint density at radius 3 is 2.05 bits per heavy atom. The van der Waals surface area contributed by atoms with Crippen molar-refractivity contribution in [2.24, 2.45) is 5.73 Å². The maximum absolute atomic E-state index is 10.4. The van der Waals surface area contributed by atoms with Crippen LogP contribution in [-0.4, -0.2) is 17.7 Å². The molecule has 4 heteroatoms. The van der Waals surface area contributed by atoms with Crippen molar-refractivity contribution in [2.45, 2.75) is 13.0 Å². The van der Waals surface area contributed by atoms with E-state index < -0.39 is 5.97 Å². The number of hydrogen-bond donors (Lipinski definition) is 2. The van der Waals surface area contributed by atoms with Crippen LogP contribution in [0.3, 0.4) is 0 Å². The van der Waals surface area contributed by atoms with E-state index in [1.54, 1.807) is 0 Å². The van der Waals surface area contributed by atoms with E-state index in [9.17, 15) is 4.79 Å². The van der Waals surface area contributed by atoms with Gasteiger partial charge in [-0.1, -0.05) is 36.4 Å². The molecule has 0 spiro atoms. The minimum Gasteiger partial charge on any atom is -0.493 e. The molecule has 0 bridgehead atoms. The van der Waals surface area contributed by atoms with Crippen LogP contribution in [0.4, 0.5) is 0 Å². The van der Waals surface area contributed by atoms with Crippen molar-refractivity contribution < 1.29 is 14.6 Å². The van der Waals surface area contributed by atoms with Gasteiger partial charge in [-0.25, -0.2) is 0 Å². The smallest absolute Gasteiger partial charge is 0.306 e. The lowest BCUT2D eigenvalue weighted by atomic mass is 10.0. The fourth-order valence-corrected chi connectivity index (χ4v) is 1.83. The lowest BCUT2D eigenvalue weighted by Gasteiger charge is -2.07. The van der Waals surface area contributed by atoms with Crippen molar-refractivity contribution >= 4 is 5.97 Å². The van der Waals surface area contributed by atoms with Crippen LogP contribution in [0.2, 0.25) is 0 Å². The van der Waals surface area contributed by atoms with Gasteiger partial charge in [0.25, 0.3) is 0 Å². The van der Waals surface area contributed by atoms with Crippen LogP contribution in [-0.2, 0) is 11.3 Å². The Morgan fingerprint density at radius 2 is 1.55 bits per heavy atom. The molecule has 0 atom stereocenters. The summed E-state index contributed by atoms with van der Waals surface area (Å²) in [6.07, 6.45) is 0.00228. The molecule has 2 rings (SSSR count). The van der Waals surface area contributed by atoms with Crippen LogP contribution in [0.25, 0.3) is 11.1 Å². The molecular formula is C16H17NO3. The second-order valence-electron chi connectivity index (χ2n) is 4.42.